The zero-order valence-electron chi connectivity index (χ0n) is 9.61. The van der Waals surface area contributed by atoms with Crippen molar-refractivity contribution in [2.24, 2.45) is 0 Å². The number of fused-ring (bicyclic) bond motifs is 1. The molecule has 18 heavy (non-hydrogen) atoms. The van der Waals surface area contributed by atoms with Crippen LogP contribution < -0.4 is 0 Å². The normalized spacial score (nSPS) is 16.5. The molecule has 94 valence electrons. The molecule has 1 aliphatic heterocycles. The van der Waals surface area contributed by atoms with E-state index in [1.165, 1.54) is 0 Å². The average molecular weight is 266 g/mol. The molecule has 0 bridgehead atoms. The molecule has 1 aliphatic rings. The fourth-order valence-corrected chi connectivity index (χ4v) is 2.39. The summed E-state index contributed by atoms with van der Waals surface area (Å²) in [5.74, 6) is 0. The number of nitrogens with one attached hydrogen (secondary N) is 1. The third-order valence-electron chi connectivity index (χ3n) is 3.01. The molecule has 0 unspecified atom stereocenters. The SMILES string of the molecule is O=Cc1cc2cc(CC3OCCO3)c(Cl)cc2[nH]1. The number of carbonyl (C=O) groups excluding carboxylic acids is 1. The van der Waals surface area contributed by atoms with Crippen molar-refractivity contribution in [1.29, 1.82) is 0 Å². The van der Waals surface area contributed by atoms with Crippen LogP contribution in [0.25, 0.3) is 10.9 Å². The lowest BCUT2D eigenvalue weighted by molar-refractivity contribution is -0.0399. The van der Waals surface area contributed by atoms with Crippen molar-refractivity contribution in [2.75, 3.05) is 13.2 Å². The maximum Gasteiger partial charge on any atom is 0.166 e. The predicted molar refractivity (Wildman–Crippen MR) is 68.1 cm³/mol. The number of H-pyrrole nitrogens is 1. The van der Waals surface area contributed by atoms with Crippen molar-refractivity contribution in [3.63, 3.8) is 0 Å². The summed E-state index contributed by atoms with van der Waals surface area (Å²) in [5.41, 5.74) is 2.37. The quantitative estimate of drug-likeness (QED) is 0.868. The lowest BCUT2D eigenvalue weighted by Crippen LogP contribution is -2.11. The number of hydrogen-bond acceptors (Lipinski definition) is 3. The van der Waals surface area contributed by atoms with Crippen molar-refractivity contribution in [3.05, 3.63) is 34.5 Å². The van der Waals surface area contributed by atoms with E-state index in [1.807, 2.05) is 12.1 Å². The molecule has 1 saturated heterocycles. The minimum Gasteiger partial charge on any atom is -0.352 e. The second-order valence-electron chi connectivity index (χ2n) is 4.25. The molecule has 0 aliphatic carbocycles. The van der Waals surface area contributed by atoms with E-state index in [0.29, 0.717) is 30.4 Å². The van der Waals surface area contributed by atoms with Crippen molar-refractivity contribution >= 4 is 28.8 Å². The highest BCUT2D eigenvalue weighted by atomic mass is 35.5. The first-order valence-corrected chi connectivity index (χ1v) is 6.13. The van der Waals surface area contributed by atoms with Gasteiger partial charge in [0.1, 0.15) is 0 Å². The minimum atomic E-state index is -0.218. The smallest absolute Gasteiger partial charge is 0.166 e. The Bertz CT molecular complexity index is 587. The minimum absolute atomic E-state index is 0.218. The van der Waals surface area contributed by atoms with Gasteiger partial charge in [0.25, 0.3) is 0 Å². The van der Waals surface area contributed by atoms with Gasteiger partial charge in [0.05, 0.1) is 18.9 Å². The summed E-state index contributed by atoms with van der Waals surface area (Å²) in [6.07, 6.45) is 1.19. The number of hydrogen-bond donors (Lipinski definition) is 1. The van der Waals surface area contributed by atoms with E-state index >= 15 is 0 Å². The summed E-state index contributed by atoms with van der Waals surface area (Å²) in [6, 6.07) is 5.60. The first kappa shape index (κ1) is 11.7. The molecular formula is C13H12ClNO3. The summed E-state index contributed by atoms with van der Waals surface area (Å²) < 4.78 is 10.8. The van der Waals surface area contributed by atoms with Crippen LogP contribution in [-0.2, 0) is 15.9 Å². The molecule has 0 spiro atoms. The van der Waals surface area contributed by atoms with Crippen LogP contribution in [0.2, 0.25) is 5.02 Å². The summed E-state index contributed by atoms with van der Waals surface area (Å²) in [4.78, 5) is 13.7. The van der Waals surface area contributed by atoms with Crippen LogP contribution in [0.3, 0.4) is 0 Å². The number of aromatic amines is 1. The van der Waals surface area contributed by atoms with E-state index in [1.54, 1.807) is 6.07 Å². The Kier molecular flexibility index (Phi) is 3.07. The average Bonchev–Trinajstić information content (AvgIpc) is 2.98. The van der Waals surface area contributed by atoms with E-state index in [0.717, 1.165) is 22.8 Å². The van der Waals surface area contributed by atoms with Gasteiger partial charge in [-0.15, -0.1) is 0 Å². The van der Waals surface area contributed by atoms with Crippen LogP contribution in [0.5, 0.6) is 0 Å². The number of carbonyl (C=O) groups is 1. The fraction of sp³-hybridized carbons (Fsp3) is 0.308. The van der Waals surface area contributed by atoms with Crippen LogP contribution in [0.15, 0.2) is 18.2 Å². The number of halogens is 1. The highest BCUT2D eigenvalue weighted by molar-refractivity contribution is 6.32. The zero-order valence-corrected chi connectivity index (χ0v) is 10.4. The van der Waals surface area contributed by atoms with Gasteiger partial charge in [0, 0.05) is 22.3 Å². The Morgan fingerprint density at radius 3 is 2.83 bits per heavy atom. The third-order valence-corrected chi connectivity index (χ3v) is 3.36. The Balaban J connectivity index is 1.95. The van der Waals surface area contributed by atoms with Crippen LogP contribution >= 0.6 is 11.6 Å². The van der Waals surface area contributed by atoms with Crippen molar-refractivity contribution in [1.82, 2.24) is 4.98 Å². The number of benzene rings is 1. The zero-order chi connectivity index (χ0) is 12.5. The standard InChI is InChI=1S/C13H12ClNO3/c14-11-6-12-9(4-10(7-16)15-12)3-8(11)5-13-17-1-2-18-13/h3-4,6-7,13,15H,1-2,5H2. The molecule has 0 atom stereocenters. The van der Waals surface area contributed by atoms with Gasteiger partial charge in [-0.3, -0.25) is 4.79 Å². The maximum atomic E-state index is 10.7. The number of aldehydes is 1. The molecular weight excluding hydrogens is 254 g/mol. The monoisotopic (exact) mass is 265 g/mol. The van der Waals surface area contributed by atoms with Gasteiger partial charge in [0.2, 0.25) is 0 Å². The van der Waals surface area contributed by atoms with Gasteiger partial charge in [0.15, 0.2) is 12.6 Å². The van der Waals surface area contributed by atoms with Crippen LogP contribution in [-0.4, -0.2) is 30.8 Å². The second-order valence-corrected chi connectivity index (χ2v) is 4.66. The summed E-state index contributed by atoms with van der Waals surface area (Å²) in [5, 5.41) is 1.62. The first-order chi connectivity index (χ1) is 8.76. The Hall–Kier alpha value is -1.36. The highest BCUT2D eigenvalue weighted by Crippen LogP contribution is 2.26. The predicted octanol–water partition coefficient (Wildman–Crippen LogP) is 2.55. The van der Waals surface area contributed by atoms with Gasteiger partial charge < -0.3 is 14.5 Å². The van der Waals surface area contributed by atoms with Gasteiger partial charge in [-0.25, -0.2) is 0 Å². The van der Waals surface area contributed by atoms with Gasteiger partial charge in [-0.05, 0) is 23.8 Å². The summed E-state index contributed by atoms with van der Waals surface area (Å²) in [6.45, 7) is 1.26. The lowest BCUT2D eigenvalue weighted by atomic mass is 10.1. The molecule has 0 saturated carbocycles. The Morgan fingerprint density at radius 2 is 2.11 bits per heavy atom. The van der Waals surface area contributed by atoms with Gasteiger partial charge >= 0.3 is 0 Å². The number of ether oxygens (including phenoxy) is 2. The van der Waals surface area contributed by atoms with E-state index in [2.05, 4.69) is 4.98 Å². The first-order valence-electron chi connectivity index (χ1n) is 5.76. The summed E-state index contributed by atoms with van der Waals surface area (Å²) >= 11 is 6.21. The summed E-state index contributed by atoms with van der Waals surface area (Å²) in [7, 11) is 0. The number of rotatable bonds is 3. The molecule has 3 rings (SSSR count). The molecule has 2 aromatic rings. The van der Waals surface area contributed by atoms with Gasteiger partial charge in [-0.2, -0.15) is 0 Å². The number of aromatic nitrogens is 1. The fourth-order valence-electron chi connectivity index (χ4n) is 2.15. The Morgan fingerprint density at radius 1 is 1.33 bits per heavy atom. The molecule has 2 heterocycles. The van der Waals surface area contributed by atoms with E-state index in [4.69, 9.17) is 21.1 Å². The van der Waals surface area contributed by atoms with Crippen molar-refractivity contribution < 1.29 is 14.3 Å². The third kappa shape index (κ3) is 2.14. The van der Waals surface area contributed by atoms with Gasteiger partial charge in [-0.1, -0.05) is 11.6 Å². The van der Waals surface area contributed by atoms with E-state index in [9.17, 15) is 4.79 Å². The topological polar surface area (TPSA) is 51.3 Å². The van der Waals surface area contributed by atoms with Crippen molar-refractivity contribution in [3.8, 4) is 0 Å². The molecule has 0 radical (unpaired) electrons. The molecule has 1 aromatic carbocycles. The molecule has 4 nitrogen and oxygen atoms in total. The lowest BCUT2D eigenvalue weighted by Gasteiger charge is -2.10. The second kappa shape index (κ2) is 4.72. The van der Waals surface area contributed by atoms with E-state index in [-0.39, 0.29) is 6.29 Å². The molecule has 1 aromatic heterocycles. The van der Waals surface area contributed by atoms with Crippen molar-refractivity contribution in [2.45, 2.75) is 12.7 Å². The molecule has 5 heteroatoms. The molecule has 1 fully saturated rings. The molecule has 1 N–H and O–H groups in total. The molecule has 0 amide bonds. The van der Waals surface area contributed by atoms with E-state index < -0.39 is 0 Å². The largest absolute Gasteiger partial charge is 0.352 e. The van der Waals surface area contributed by atoms with Crippen LogP contribution in [0.1, 0.15) is 16.1 Å². The van der Waals surface area contributed by atoms with Crippen LogP contribution in [0, 0.1) is 0 Å². The maximum absolute atomic E-state index is 10.7. The Labute approximate surface area is 109 Å². The van der Waals surface area contributed by atoms with Crippen LogP contribution in [0.4, 0.5) is 0 Å². The highest BCUT2D eigenvalue weighted by Gasteiger charge is 2.18.